The molecule has 0 spiro atoms. The van der Waals surface area contributed by atoms with Gasteiger partial charge in [0.25, 0.3) is 0 Å². The van der Waals surface area contributed by atoms with Crippen molar-refractivity contribution in [2.75, 3.05) is 0 Å². The molecule has 3 heterocycles. The molecule has 0 atom stereocenters. The molecule has 4 rings (SSSR count). The lowest BCUT2D eigenvalue weighted by Crippen LogP contribution is -2.10. The van der Waals surface area contributed by atoms with Gasteiger partial charge in [0.15, 0.2) is 0 Å². The highest BCUT2D eigenvalue weighted by molar-refractivity contribution is 5.87. The quantitative estimate of drug-likeness (QED) is 0.470. The maximum absolute atomic E-state index is 9.35. The van der Waals surface area contributed by atoms with Crippen LogP contribution in [0.3, 0.4) is 0 Å². The van der Waals surface area contributed by atoms with Crippen LogP contribution in [-0.2, 0) is 6.54 Å². The normalized spacial score (nSPS) is 11.5. The van der Waals surface area contributed by atoms with Gasteiger partial charge in [0, 0.05) is 41.0 Å². The van der Waals surface area contributed by atoms with E-state index in [1.165, 1.54) is 0 Å². The first-order valence-corrected chi connectivity index (χ1v) is 9.72. The van der Waals surface area contributed by atoms with E-state index in [4.69, 9.17) is 0 Å². The van der Waals surface area contributed by atoms with Gasteiger partial charge in [-0.2, -0.15) is 10.4 Å². The van der Waals surface area contributed by atoms with Crippen molar-refractivity contribution in [2.45, 2.75) is 33.7 Å². The molecule has 144 valence electrons. The number of hydrogen-bond donors (Lipinski definition) is 0. The van der Waals surface area contributed by atoms with Crippen molar-refractivity contribution in [1.29, 1.82) is 5.26 Å². The van der Waals surface area contributed by atoms with Crippen molar-refractivity contribution in [3.8, 4) is 28.5 Å². The molecule has 0 aliphatic heterocycles. The zero-order valence-electron chi connectivity index (χ0n) is 16.9. The van der Waals surface area contributed by atoms with Crippen LogP contribution in [0.25, 0.3) is 33.3 Å². The van der Waals surface area contributed by atoms with Gasteiger partial charge in [-0.1, -0.05) is 39.0 Å². The summed E-state index contributed by atoms with van der Waals surface area (Å²) in [7, 11) is 0. The predicted molar refractivity (Wildman–Crippen MR) is 115 cm³/mol. The molecule has 4 aromatic rings. The third-order valence-electron chi connectivity index (χ3n) is 4.92. The van der Waals surface area contributed by atoms with E-state index in [9.17, 15) is 5.26 Å². The summed E-state index contributed by atoms with van der Waals surface area (Å²) in [5, 5.41) is 15.0. The highest BCUT2D eigenvalue weighted by atomic mass is 15.3. The van der Waals surface area contributed by atoms with E-state index >= 15 is 0 Å². The van der Waals surface area contributed by atoms with Crippen LogP contribution in [0.15, 0.2) is 61.1 Å². The fourth-order valence-corrected chi connectivity index (χ4v) is 3.26. The number of hydrogen-bond acceptors (Lipinski definition) is 4. The van der Waals surface area contributed by atoms with Gasteiger partial charge in [0.2, 0.25) is 0 Å². The Kier molecular flexibility index (Phi) is 4.85. The smallest absolute Gasteiger partial charge is 0.141 e. The van der Waals surface area contributed by atoms with Crippen LogP contribution in [-0.4, -0.2) is 19.7 Å². The molecule has 1 aromatic carbocycles. The van der Waals surface area contributed by atoms with Crippen LogP contribution in [0.4, 0.5) is 0 Å². The zero-order valence-corrected chi connectivity index (χ0v) is 16.9. The topological polar surface area (TPSA) is 67.4 Å². The largest absolute Gasteiger partial charge is 0.272 e. The van der Waals surface area contributed by atoms with Crippen molar-refractivity contribution >= 4 is 10.9 Å². The molecule has 5 nitrogen and oxygen atoms in total. The van der Waals surface area contributed by atoms with Crippen LogP contribution in [0, 0.1) is 16.7 Å². The number of aryl methyl sites for hydroxylation is 1. The Bertz CT molecular complexity index is 1210. The molecule has 0 unspecified atom stereocenters. The molecule has 0 aliphatic carbocycles. The van der Waals surface area contributed by atoms with Gasteiger partial charge >= 0.3 is 0 Å². The fraction of sp³-hybridized carbons (Fsp3) is 0.250. The van der Waals surface area contributed by atoms with Crippen molar-refractivity contribution in [3.63, 3.8) is 0 Å². The number of nitrogens with zero attached hydrogens (tertiary/aromatic N) is 5. The van der Waals surface area contributed by atoms with Crippen molar-refractivity contribution in [3.05, 3.63) is 66.7 Å². The summed E-state index contributed by atoms with van der Waals surface area (Å²) >= 11 is 0. The lowest BCUT2D eigenvalue weighted by atomic mass is 9.92. The second kappa shape index (κ2) is 7.48. The molecule has 0 aliphatic rings. The van der Waals surface area contributed by atoms with Gasteiger partial charge in [-0.3, -0.25) is 9.67 Å². The Morgan fingerprint density at radius 1 is 1.07 bits per heavy atom. The molecule has 5 heteroatoms. The Balaban J connectivity index is 1.76. The van der Waals surface area contributed by atoms with Crippen molar-refractivity contribution in [1.82, 2.24) is 19.7 Å². The number of nitriles is 1. The lowest BCUT2D eigenvalue weighted by Gasteiger charge is -2.17. The molecule has 3 aromatic heterocycles. The first-order chi connectivity index (χ1) is 13.9. The van der Waals surface area contributed by atoms with Gasteiger partial charge in [-0.15, -0.1) is 0 Å². The monoisotopic (exact) mass is 381 g/mol. The van der Waals surface area contributed by atoms with E-state index in [2.05, 4.69) is 48.1 Å². The zero-order chi connectivity index (χ0) is 20.4. The summed E-state index contributed by atoms with van der Waals surface area (Å²) < 4.78 is 1.98. The van der Waals surface area contributed by atoms with E-state index in [1.54, 1.807) is 12.3 Å². The molecule has 0 amide bonds. The van der Waals surface area contributed by atoms with E-state index in [1.807, 2.05) is 47.3 Å². The van der Waals surface area contributed by atoms with Crippen LogP contribution in [0.2, 0.25) is 0 Å². The molecule has 29 heavy (non-hydrogen) atoms. The van der Waals surface area contributed by atoms with Gasteiger partial charge in [0.1, 0.15) is 11.8 Å². The van der Waals surface area contributed by atoms with Gasteiger partial charge in [-0.25, -0.2) is 4.98 Å². The summed E-state index contributed by atoms with van der Waals surface area (Å²) in [6.07, 6.45) is 6.75. The number of fused-ring (bicyclic) bond motifs is 1. The van der Waals surface area contributed by atoms with E-state index < -0.39 is 0 Å². The standard InChI is InChI=1S/C24H23N5/c1-24(2,3)10-12-29-16-19(15-27-29)21-9-8-20(14-25)28-23(21)18-7-6-17-5-4-11-26-22(17)13-18/h4-9,11,13,15-16H,10,12H2,1-3H3. The SMILES string of the molecule is CC(C)(C)CCn1cc(-c2ccc(C#N)nc2-c2ccc3cccnc3c2)cn1. The second-order valence-corrected chi connectivity index (χ2v) is 8.42. The summed E-state index contributed by atoms with van der Waals surface area (Å²) in [5.74, 6) is 0. The Labute approximate surface area is 170 Å². The molecule has 0 radical (unpaired) electrons. The minimum atomic E-state index is 0.255. The average Bonchev–Trinajstić information content (AvgIpc) is 3.20. The third kappa shape index (κ3) is 4.17. The fourth-order valence-electron chi connectivity index (χ4n) is 3.26. The molecular weight excluding hydrogens is 358 g/mol. The van der Waals surface area contributed by atoms with Crippen LogP contribution in [0.1, 0.15) is 32.9 Å². The van der Waals surface area contributed by atoms with Crippen LogP contribution >= 0.6 is 0 Å². The predicted octanol–water partition coefficient (Wildman–Crippen LogP) is 5.47. The first kappa shape index (κ1) is 18.8. The van der Waals surface area contributed by atoms with E-state index in [0.29, 0.717) is 5.69 Å². The third-order valence-corrected chi connectivity index (χ3v) is 4.92. The first-order valence-electron chi connectivity index (χ1n) is 9.72. The molecule has 0 bridgehead atoms. The molecular formula is C24H23N5. The molecule has 0 saturated heterocycles. The number of benzene rings is 1. The number of aromatic nitrogens is 4. The van der Waals surface area contributed by atoms with Gasteiger partial charge < -0.3 is 0 Å². The maximum atomic E-state index is 9.35. The maximum Gasteiger partial charge on any atom is 0.141 e. The average molecular weight is 381 g/mol. The molecule has 0 fully saturated rings. The second-order valence-electron chi connectivity index (χ2n) is 8.42. The Morgan fingerprint density at radius 3 is 2.72 bits per heavy atom. The summed E-state index contributed by atoms with van der Waals surface area (Å²) in [5.41, 5.74) is 5.21. The Hall–Kier alpha value is -3.52. The summed E-state index contributed by atoms with van der Waals surface area (Å²) in [6, 6.07) is 15.9. The minimum Gasteiger partial charge on any atom is -0.272 e. The molecule has 0 saturated carbocycles. The highest BCUT2D eigenvalue weighted by Gasteiger charge is 2.15. The van der Waals surface area contributed by atoms with E-state index in [-0.39, 0.29) is 5.41 Å². The van der Waals surface area contributed by atoms with Crippen LogP contribution in [0.5, 0.6) is 0 Å². The van der Waals surface area contributed by atoms with Gasteiger partial charge in [-0.05, 0) is 36.1 Å². The highest BCUT2D eigenvalue weighted by Crippen LogP contribution is 2.32. The van der Waals surface area contributed by atoms with Crippen LogP contribution < -0.4 is 0 Å². The Morgan fingerprint density at radius 2 is 1.93 bits per heavy atom. The minimum absolute atomic E-state index is 0.255. The summed E-state index contributed by atoms with van der Waals surface area (Å²) in [6.45, 7) is 7.55. The van der Waals surface area contributed by atoms with Crippen molar-refractivity contribution < 1.29 is 0 Å². The number of pyridine rings is 2. The molecule has 0 N–H and O–H groups in total. The van der Waals surface area contributed by atoms with Gasteiger partial charge in [0.05, 0.1) is 17.4 Å². The lowest BCUT2D eigenvalue weighted by molar-refractivity contribution is 0.341. The van der Waals surface area contributed by atoms with Crippen molar-refractivity contribution in [2.24, 2.45) is 5.41 Å². The van der Waals surface area contributed by atoms with E-state index in [0.717, 1.165) is 46.3 Å². The summed E-state index contributed by atoms with van der Waals surface area (Å²) in [4.78, 5) is 9.07. The number of rotatable bonds is 4.